The van der Waals surface area contributed by atoms with E-state index in [1.807, 2.05) is 0 Å². The first kappa shape index (κ1) is 9.47. The second-order valence-electron chi connectivity index (χ2n) is 4.48. The number of ether oxygens (including phenoxy) is 1. The van der Waals surface area contributed by atoms with E-state index in [4.69, 9.17) is 4.74 Å². The van der Waals surface area contributed by atoms with Gasteiger partial charge in [-0.1, -0.05) is 13.3 Å². The summed E-state index contributed by atoms with van der Waals surface area (Å²) in [4.78, 5) is 0. The molecule has 0 aliphatic heterocycles. The molecule has 2 heteroatoms. The van der Waals surface area contributed by atoms with Crippen molar-refractivity contribution in [3.63, 3.8) is 0 Å². The van der Waals surface area contributed by atoms with Crippen molar-refractivity contribution in [2.45, 2.75) is 38.7 Å². The molecule has 2 aliphatic carbocycles. The number of hydrogen-bond donors (Lipinski definition) is 1. The lowest BCUT2D eigenvalue weighted by Crippen LogP contribution is -2.20. The van der Waals surface area contributed by atoms with Gasteiger partial charge in [0, 0.05) is 6.61 Å². The SMILES string of the molecule is CCCOCC(O)C1C2CCCC21. The van der Waals surface area contributed by atoms with E-state index in [0.29, 0.717) is 12.5 Å². The molecular weight excluding hydrogens is 164 g/mol. The second-order valence-corrected chi connectivity index (χ2v) is 4.48. The first-order valence-corrected chi connectivity index (χ1v) is 5.60. The van der Waals surface area contributed by atoms with E-state index in [2.05, 4.69) is 6.92 Å². The third-order valence-corrected chi connectivity index (χ3v) is 3.55. The van der Waals surface area contributed by atoms with Crippen LogP contribution in [0.2, 0.25) is 0 Å². The highest BCUT2D eigenvalue weighted by molar-refractivity contribution is 5.04. The quantitative estimate of drug-likeness (QED) is 0.660. The summed E-state index contributed by atoms with van der Waals surface area (Å²) in [5.41, 5.74) is 0. The molecule has 0 spiro atoms. The molecule has 0 bridgehead atoms. The van der Waals surface area contributed by atoms with Crippen LogP contribution in [0.3, 0.4) is 0 Å². The zero-order chi connectivity index (χ0) is 9.26. The third kappa shape index (κ3) is 1.89. The van der Waals surface area contributed by atoms with E-state index in [-0.39, 0.29) is 6.10 Å². The average molecular weight is 184 g/mol. The van der Waals surface area contributed by atoms with Crippen LogP contribution in [0.5, 0.6) is 0 Å². The molecular formula is C11H20O2. The van der Waals surface area contributed by atoms with Crippen molar-refractivity contribution in [1.29, 1.82) is 0 Å². The van der Waals surface area contributed by atoms with Gasteiger partial charge in [-0.25, -0.2) is 0 Å². The molecule has 0 aromatic carbocycles. The summed E-state index contributed by atoms with van der Waals surface area (Å²) in [5.74, 6) is 2.28. The topological polar surface area (TPSA) is 29.5 Å². The summed E-state index contributed by atoms with van der Waals surface area (Å²) in [6, 6.07) is 0. The molecule has 3 unspecified atom stereocenters. The first-order chi connectivity index (χ1) is 6.34. The van der Waals surface area contributed by atoms with Crippen LogP contribution in [0.25, 0.3) is 0 Å². The van der Waals surface area contributed by atoms with E-state index >= 15 is 0 Å². The Morgan fingerprint density at radius 2 is 2.08 bits per heavy atom. The molecule has 0 amide bonds. The van der Waals surface area contributed by atoms with E-state index in [1.54, 1.807) is 0 Å². The fraction of sp³-hybridized carbons (Fsp3) is 1.00. The van der Waals surface area contributed by atoms with Crippen LogP contribution in [-0.4, -0.2) is 24.4 Å². The highest BCUT2D eigenvalue weighted by atomic mass is 16.5. The van der Waals surface area contributed by atoms with Gasteiger partial charge in [-0.05, 0) is 37.0 Å². The van der Waals surface area contributed by atoms with Gasteiger partial charge in [0.2, 0.25) is 0 Å². The predicted octanol–water partition coefficient (Wildman–Crippen LogP) is 1.82. The fourth-order valence-corrected chi connectivity index (χ4v) is 2.91. The lowest BCUT2D eigenvalue weighted by molar-refractivity contribution is 0.0190. The van der Waals surface area contributed by atoms with Crippen LogP contribution in [0.1, 0.15) is 32.6 Å². The Labute approximate surface area is 80.3 Å². The standard InChI is InChI=1S/C11H20O2/c1-2-6-13-7-10(12)11-8-4-3-5-9(8)11/h8-12H,2-7H2,1H3. The van der Waals surface area contributed by atoms with Crippen LogP contribution in [-0.2, 0) is 4.74 Å². The molecule has 2 fully saturated rings. The molecule has 0 aromatic heterocycles. The van der Waals surface area contributed by atoms with Crippen molar-refractivity contribution in [2.75, 3.05) is 13.2 Å². The molecule has 1 N–H and O–H groups in total. The van der Waals surface area contributed by atoms with Crippen LogP contribution >= 0.6 is 0 Å². The monoisotopic (exact) mass is 184 g/mol. The molecule has 2 aliphatic rings. The van der Waals surface area contributed by atoms with Gasteiger partial charge in [-0.3, -0.25) is 0 Å². The Hall–Kier alpha value is -0.0800. The van der Waals surface area contributed by atoms with Crippen LogP contribution in [0.15, 0.2) is 0 Å². The Bertz CT molecular complexity index is 159. The minimum absolute atomic E-state index is 0.179. The summed E-state index contributed by atoms with van der Waals surface area (Å²) in [6.07, 6.45) is 4.95. The van der Waals surface area contributed by atoms with Gasteiger partial charge in [0.25, 0.3) is 0 Å². The summed E-state index contributed by atoms with van der Waals surface area (Å²) < 4.78 is 5.36. The van der Waals surface area contributed by atoms with Crippen LogP contribution in [0, 0.1) is 17.8 Å². The van der Waals surface area contributed by atoms with Crippen molar-refractivity contribution >= 4 is 0 Å². The molecule has 3 atom stereocenters. The number of rotatable bonds is 5. The average Bonchev–Trinajstić information content (AvgIpc) is 2.61. The molecule has 2 rings (SSSR count). The molecule has 0 radical (unpaired) electrons. The Morgan fingerprint density at radius 1 is 1.38 bits per heavy atom. The summed E-state index contributed by atoms with van der Waals surface area (Å²) in [6.45, 7) is 3.45. The van der Waals surface area contributed by atoms with Crippen molar-refractivity contribution in [3.05, 3.63) is 0 Å². The molecule has 0 heterocycles. The molecule has 13 heavy (non-hydrogen) atoms. The van der Waals surface area contributed by atoms with E-state index in [9.17, 15) is 5.11 Å². The zero-order valence-electron chi connectivity index (χ0n) is 8.41. The smallest absolute Gasteiger partial charge is 0.0807 e. The molecule has 2 saturated carbocycles. The fourth-order valence-electron chi connectivity index (χ4n) is 2.91. The van der Waals surface area contributed by atoms with Gasteiger partial charge in [0.05, 0.1) is 12.7 Å². The predicted molar refractivity (Wildman–Crippen MR) is 51.4 cm³/mol. The molecule has 0 saturated heterocycles. The minimum Gasteiger partial charge on any atom is -0.390 e. The maximum absolute atomic E-state index is 9.80. The van der Waals surface area contributed by atoms with Gasteiger partial charge in [-0.15, -0.1) is 0 Å². The largest absolute Gasteiger partial charge is 0.390 e. The van der Waals surface area contributed by atoms with Gasteiger partial charge in [0.1, 0.15) is 0 Å². The minimum atomic E-state index is -0.179. The van der Waals surface area contributed by atoms with E-state index in [0.717, 1.165) is 24.9 Å². The number of aliphatic hydroxyl groups is 1. The lowest BCUT2D eigenvalue weighted by Gasteiger charge is -2.12. The number of hydrogen-bond acceptors (Lipinski definition) is 2. The van der Waals surface area contributed by atoms with Gasteiger partial charge in [0.15, 0.2) is 0 Å². The molecule has 0 aromatic rings. The van der Waals surface area contributed by atoms with Crippen LogP contribution in [0.4, 0.5) is 0 Å². The zero-order valence-corrected chi connectivity index (χ0v) is 8.41. The Morgan fingerprint density at radius 3 is 2.69 bits per heavy atom. The van der Waals surface area contributed by atoms with Crippen molar-refractivity contribution in [3.8, 4) is 0 Å². The third-order valence-electron chi connectivity index (χ3n) is 3.55. The normalized spacial score (nSPS) is 38.8. The molecule has 76 valence electrons. The Balaban J connectivity index is 1.65. The van der Waals surface area contributed by atoms with Gasteiger partial charge < -0.3 is 9.84 Å². The van der Waals surface area contributed by atoms with Gasteiger partial charge in [-0.2, -0.15) is 0 Å². The second kappa shape index (κ2) is 3.97. The van der Waals surface area contributed by atoms with Crippen molar-refractivity contribution < 1.29 is 9.84 Å². The van der Waals surface area contributed by atoms with Crippen molar-refractivity contribution in [2.24, 2.45) is 17.8 Å². The maximum atomic E-state index is 9.80. The summed E-state index contributed by atoms with van der Waals surface area (Å²) in [7, 11) is 0. The number of fused-ring (bicyclic) bond motifs is 1. The Kier molecular flexibility index (Phi) is 2.89. The van der Waals surface area contributed by atoms with Crippen LogP contribution < -0.4 is 0 Å². The highest BCUT2D eigenvalue weighted by Gasteiger charge is 2.55. The maximum Gasteiger partial charge on any atom is 0.0807 e. The lowest BCUT2D eigenvalue weighted by atomic mass is 10.1. The first-order valence-electron chi connectivity index (χ1n) is 5.60. The van der Waals surface area contributed by atoms with E-state index in [1.165, 1.54) is 19.3 Å². The van der Waals surface area contributed by atoms with Gasteiger partial charge >= 0.3 is 0 Å². The summed E-state index contributed by atoms with van der Waals surface area (Å²) in [5, 5.41) is 9.80. The molecule has 2 nitrogen and oxygen atoms in total. The summed E-state index contributed by atoms with van der Waals surface area (Å²) >= 11 is 0. The number of aliphatic hydroxyl groups excluding tert-OH is 1. The van der Waals surface area contributed by atoms with Crippen molar-refractivity contribution in [1.82, 2.24) is 0 Å². The van der Waals surface area contributed by atoms with E-state index < -0.39 is 0 Å². The highest BCUT2D eigenvalue weighted by Crippen LogP contribution is 2.58.